The van der Waals surface area contributed by atoms with Crippen molar-refractivity contribution in [3.8, 4) is 6.07 Å². The van der Waals surface area contributed by atoms with Gasteiger partial charge in [0.05, 0.1) is 12.0 Å². The largest absolute Gasteiger partial charge is 0.337 e. The average molecular weight is 380 g/mol. The number of rotatable bonds is 4. The summed E-state index contributed by atoms with van der Waals surface area (Å²) in [7, 11) is 0. The number of fused-ring (bicyclic) bond motifs is 1. The Labute approximate surface area is 166 Å². The van der Waals surface area contributed by atoms with E-state index in [1.54, 1.807) is 17.0 Å². The van der Waals surface area contributed by atoms with Crippen molar-refractivity contribution in [2.75, 3.05) is 39.3 Å². The highest BCUT2D eigenvalue weighted by Crippen LogP contribution is 2.25. The number of amides is 2. The molecule has 0 saturated carbocycles. The highest BCUT2D eigenvalue weighted by molar-refractivity contribution is 6.01. The van der Waals surface area contributed by atoms with Gasteiger partial charge in [-0.25, -0.2) is 0 Å². The Balaban J connectivity index is 1.40. The monoisotopic (exact) mass is 380 g/mol. The van der Waals surface area contributed by atoms with E-state index in [4.69, 9.17) is 5.26 Å². The second-order valence-electron chi connectivity index (χ2n) is 8.22. The first kappa shape index (κ1) is 18.9. The van der Waals surface area contributed by atoms with E-state index < -0.39 is 0 Å². The van der Waals surface area contributed by atoms with E-state index in [9.17, 15) is 9.59 Å². The Hall–Kier alpha value is -2.39. The van der Waals surface area contributed by atoms with Gasteiger partial charge in [-0.05, 0) is 62.5 Å². The van der Waals surface area contributed by atoms with Crippen molar-refractivity contribution in [1.82, 2.24) is 14.7 Å². The molecule has 28 heavy (non-hydrogen) atoms. The summed E-state index contributed by atoms with van der Waals surface area (Å²) in [5, 5.41) is 9.16. The number of carbonyl (C=O) groups excluding carboxylic acids is 2. The van der Waals surface area contributed by atoms with Crippen LogP contribution in [0.4, 0.5) is 0 Å². The summed E-state index contributed by atoms with van der Waals surface area (Å²) in [5.74, 6) is -0.0190. The summed E-state index contributed by atoms with van der Waals surface area (Å²) in [4.78, 5) is 31.7. The Morgan fingerprint density at radius 1 is 1.11 bits per heavy atom. The van der Waals surface area contributed by atoms with E-state index in [2.05, 4.69) is 11.0 Å². The van der Waals surface area contributed by atoms with E-state index in [0.29, 0.717) is 25.2 Å². The fourth-order valence-corrected chi connectivity index (χ4v) is 4.59. The SMILES string of the molecule is N#CC1CCCN(C(=O)c2ccc3c(c2)CN(CCN2CCCCC2)C3=O)C1. The summed E-state index contributed by atoms with van der Waals surface area (Å²) in [6.07, 6.45) is 5.56. The molecule has 3 heterocycles. The quantitative estimate of drug-likeness (QED) is 0.805. The molecular weight excluding hydrogens is 352 g/mol. The summed E-state index contributed by atoms with van der Waals surface area (Å²) in [6.45, 7) is 5.73. The lowest BCUT2D eigenvalue weighted by atomic mass is 9.98. The second kappa shape index (κ2) is 8.32. The molecule has 0 N–H and O–H groups in total. The molecule has 148 valence electrons. The number of nitrogens with zero attached hydrogens (tertiary/aromatic N) is 4. The minimum Gasteiger partial charge on any atom is -0.337 e. The molecule has 0 bridgehead atoms. The lowest BCUT2D eigenvalue weighted by Gasteiger charge is -2.29. The van der Waals surface area contributed by atoms with Crippen LogP contribution in [0.2, 0.25) is 0 Å². The normalized spacial score (nSPS) is 22.8. The van der Waals surface area contributed by atoms with Crippen LogP contribution in [-0.4, -0.2) is 65.8 Å². The zero-order valence-corrected chi connectivity index (χ0v) is 16.4. The van der Waals surface area contributed by atoms with Crippen LogP contribution < -0.4 is 0 Å². The van der Waals surface area contributed by atoms with Crippen molar-refractivity contribution in [2.45, 2.75) is 38.6 Å². The molecule has 6 heteroatoms. The van der Waals surface area contributed by atoms with Crippen molar-refractivity contribution in [3.63, 3.8) is 0 Å². The van der Waals surface area contributed by atoms with Crippen LogP contribution in [0.5, 0.6) is 0 Å². The summed E-state index contributed by atoms with van der Waals surface area (Å²) >= 11 is 0. The van der Waals surface area contributed by atoms with Crippen molar-refractivity contribution in [1.29, 1.82) is 5.26 Å². The molecule has 1 atom stereocenters. The Morgan fingerprint density at radius 3 is 2.71 bits per heavy atom. The number of piperidine rings is 2. The van der Waals surface area contributed by atoms with Crippen LogP contribution in [0.25, 0.3) is 0 Å². The highest BCUT2D eigenvalue weighted by atomic mass is 16.2. The van der Waals surface area contributed by atoms with Crippen molar-refractivity contribution >= 4 is 11.8 Å². The van der Waals surface area contributed by atoms with Crippen LogP contribution in [0.15, 0.2) is 18.2 Å². The number of nitriles is 1. The lowest BCUT2D eigenvalue weighted by molar-refractivity contribution is 0.0698. The summed E-state index contributed by atoms with van der Waals surface area (Å²) in [5.41, 5.74) is 2.30. The molecule has 2 fully saturated rings. The molecule has 2 amide bonds. The van der Waals surface area contributed by atoms with Gasteiger partial charge in [0.2, 0.25) is 0 Å². The first-order chi connectivity index (χ1) is 13.7. The van der Waals surface area contributed by atoms with E-state index in [1.165, 1.54) is 19.3 Å². The fraction of sp³-hybridized carbons (Fsp3) is 0.591. The van der Waals surface area contributed by atoms with Gasteiger partial charge in [0, 0.05) is 43.9 Å². The zero-order chi connectivity index (χ0) is 19.5. The van der Waals surface area contributed by atoms with Gasteiger partial charge in [0.25, 0.3) is 11.8 Å². The second-order valence-corrected chi connectivity index (χ2v) is 8.22. The van der Waals surface area contributed by atoms with E-state index in [1.807, 2.05) is 11.0 Å². The standard InChI is InChI=1S/C22H28N4O2/c23-14-17-5-4-10-25(15-17)21(27)18-6-7-20-19(13-18)16-26(22(20)28)12-11-24-8-2-1-3-9-24/h6-7,13,17H,1-5,8-12,15-16H2. The maximum Gasteiger partial charge on any atom is 0.254 e. The first-order valence-corrected chi connectivity index (χ1v) is 10.5. The third kappa shape index (κ3) is 3.90. The number of carbonyl (C=O) groups is 2. The van der Waals surface area contributed by atoms with Gasteiger partial charge < -0.3 is 14.7 Å². The molecule has 1 unspecified atom stereocenters. The average Bonchev–Trinajstić information content (AvgIpc) is 3.07. The third-order valence-corrected chi connectivity index (χ3v) is 6.26. The maximum absolute atomic E-state index is 12.9. The maximum atomic E-state index is 12.9. The van der Waals surface area contributed by atoms with Crippen molar-refractivity contribution in [3.05, 3.63) is 34.9 Å². The van der Waals surface area contributed by atoms with Crippen molar-refractivity contribution in [2.24, 2.45) is 5.92 Å². The van der Waals surface area contributed by atoms with Gasteiger partial charge in [-0.15, -0.1) is 0 Å². The number of benzene rings is 1. The van der Waals surface area contributed by atoms with Crippen LogP contribution in [0, 0.1) is 17.2 Å². The van der Waals surface area contributed by atoms with Crippen LogP contribution in [-0.2, 0) is 6.54 Å². The molecule has 6 nitrogen and oxygen atoms in total. The zero-order valence-electron chi connectivity index (χ0n) is 16.4. The lowest BCUT2D eigenvalue weighted by Crippen LogP contribution is -2.39. The third-order valence-electron chi connectivity index (χ3n) is 6.26. The van der Waals surface area contributed by atoms with Gasteiger partial charge in [0.15, 0.2) is 0 Å². The van der Waals surface area contributed by atoms with E-state index in [0.717, 1.165) is 50.1 Å². The Kier molecular flexibility index (Phi) is 5.63. The molecule has 4 rings (SSSR count). The molecule has 0 aromatic heterocycles. The van der Waals surface area contributed by atoms with Gasteiger partial charge in [-0.1, -0.05) is 6.42 Å². The van der Waals surface area contributed by atoms with Gasteiger partial charge in [-0.3, -0.25) is 9.59 Å². The van der Waals surface area contributed by atoms with Gasteiger partial charge in [0.1, 0.15) is 0 Å². The Morgan fingerprint density at radius 2 is 1.93 bits per heavy atom. The predicted molar refractivity (Wildman–Crippen MR) is 106 cm³/mol. The molecular formula is C22H28N4O2. The highest BCUT2D eigenvalue weighted by Gasteiger charge is 2.30. The minimum atomic E-state index is -0.0704. The molecule has 1 aromatic rings. The molecule has 2 saturated heterocycles. The molecule has 0 aliphatic carbocycles. The number of hydrogen-bond acceptors (Lipinski definition) is 4. The van der Waals surface area contributed by atoms with Gasteiger partial charge in [-0.2, -0.15) is 5.26 Å². The molecule has 3 aliphatic rings. The van der Waals surface area contributed by atoms with E-state index in [-0.39, 0.29) is 17.7 Å². The molecule has 3 aliphatic heterocycles. The van der Waals surface area contributed by atoms with Crippen LogP contribution in [0.3, 0.4) is 0 Å². The van der Waals surface area contributed by atoms with Gasteiger partial charge >= 0.3 is 0 Å². The van der Waals surface area contributed by atoms with Crippen LogP contribution in [0.1, 0.15) is 58.4 Å². The number of likely N-dealkylation sites (tertiary alicyclic amines) is 2. The summed E-state index contributed by atoms with van der Waals surface area (Å²) < 4.78 is 0. The van der Waals surface area contributed by atoms with Crippen LogP contribution >= 0.6 is 0 Å². The van der Waals surface area contributed by atoms with E-state index >= 15 is 0 Å². The molecule has 1 aromatic carbocycles. The number of hydrogen-bond donors (Lipinski definition) is 0. The fourth-order valence-electron chi connectivity index (χ4n) is 4.59. The minimum absolute atomic E-state index is 0.0260. The summed E-state index contributed by atoms with van der Waals surface area (Å²) in [6, 6.07) is 7.74. The Bertz CT molecular complexity index is 794. The first-order valence-electron chi connectivity index (χ1n) is 10.5. The molecule has 0 radical (unpaired) electrons. The predicted octanol–water partition coefficient (Wildman–Crippen LogP) is 2.50. The molecule has 0 spiro atoms. The van der Waals surface area contributed by atoms with Crippen molar-refractivity contribution < 1.29 is 9.59 Å². The smallest absolute Gasteiger partial charge is 0.254 e. The topological polar surface area (TPSA) is 67.7 Å².